The van der Waals surface area contributed by atoms with Gasteiger partial charge in [0.1, 0.15) is 4.83 Å². The van der Waals surface area contributed by atoms with Crippen molar-refractivity contribution in [3.05, 3.63) is 20.8 Å². The first-order valence-electron chi connectivity index (χ1n) is 8.16. The monoisotopic (exact) mass is 354 g/mol. The number of hydrogen-bond donors (Lipinski definition) is 0. The van der Waals surface area contributed by atoms with Crippen molar-refractivity contribution in [2.75, 3.05) is 19.0 Å². The number of aromatic nitrogens is 2. The maximum Gasteiger partial charge on any atom is 0.263 e. The van der Waals surface area contributed by atoms with E-state index in [4.69, 9.17) is 9.72 Å². The van der Waals surface area contributed by atoms with Gasteiger partial charge in [-0.1, -0.05) is 25.6 Å². The van der Waals surface area contributed by atoms with Crippen molar-refractivity contribution in [1.29, 1.82) is 0 Å². The molecular formula is C17H26N2O2S2. The summed E-state index contributed by atoms with van der Waals surface area (Å²) in [6, 6.07) is 0. The van der Waals surface area contributed by atoms with E-state index in [9.17, 15) is 4.79 Å². The fourth-order valence-corrected chi connectivity index (χ4v) is 4.30. The van der Waals surface area contributed by atoms with Gasteiger partial charge in [-0.05, 0) is 38.7 Å². The summed E-state index contributed by atoms with van der Waals surface area (Å²) in [7, 11) is 0. The van der Waals surface area contributed by atoms with Crippen LogP contribution < -0.4 is 5.56 Å². The number of aryl methyl sites for hydroxylation is 2. The molecule has 0 saturated heterocycles. The molecule has 0 amide bonds. The van der Waals surface area contributed by atoms with Gasteiger partial charge < -0.3 is 4.74 Å². The molecule has 6 heteroatoms. The van der Waals surface area contributed by atoms with E-state index in [1.807, 2.05) is 20.8 Å². The van der Waals surface area contributed by atoms with Crippen molar-refractivity contribution in [2.45, 2.75) is 52.7 Å². The molecule has 0 bridgehead atoms. The van der Waals surface area contributed by atoms with E-state index >= 15 is 0 Å². The number of thiophene rings is 1. The Hall–Kier alpha value is -0.850. The van der Waals surface area contributed by atoms with E-state index in [1.165, 1.54) is 4.88 Å². The molecule has 0 saturated carbocycles. The van der Waals surface area contributed by atoms with Gasteiger partial charge in [0, 0.05) is 23.8 Å². The van der Waals surface area contributed by atoms with E-state index < -0.39 is 0 Å². The number of rotatable bonds is 8. The lowest BCUT2D eigenvalue weighted by molar-refractivity contribution is 0.138. The molecule has 0 aliphatic carbocycles. The summed E-state index contributed by atoms with van der Waals surface area (Å²) < 4.78 is 7.43. The van der Waals surface area contributed by atoms with Crippen molar-refractivity contribution in [1.82, 2.24) is 9.55 Å². The maximum atomic E-state index is 12.7. The molecule has 0 unspecified atom stereocenters. The van der Waals surface area contributed by atoms with Crippen LogP contribution in [0.4, 0.5) is 0 Å². The molecule has 0 atom stereocenters. The van der Waals surface area contributed by atoms with Crippen molar-refractivity contribution in [3.63, 3.8) is 0 Å². The quantitative estimate of drug-likeness (QED) is 0.404. The molecule has 23 heavy (non-hydrogen) atoms. The topological polar surface area (TPSA) is 44.1 Å². The van der Waals surface area contributed by atoms with Crippen LogP contribution in [0.1, 0.15) is 37.6 Å². The van der Waals surface area contributed by atoms with Gasteiger partial charge in [0.2, 0.25) is 0 Å². The summed E-state index contributed by atoms with van der Waals surface area (Å²) in [5.41, 5.74) is 1.15. The van der Waals surface area contributed by atoms with Gasteiger partial charge in [-0.3, -0.25) is 9.36 Å². The van der Waals surface area contributed by atoms with Gasteiger partial charge in [0.15, 0.2) is 5.16 Å². The molecule has 2 aromatic heterocycles. The Morgan fingerprint density at radius 2 is 2.04 bits per heavy atom. The summed E-state index contributed by atoms with van der Waals surface area (Å²) in [4.78, 5) is 19.5. The highest BCUT2D eigenvalue weighted by atomic mass is 32.2. The van der Waals surface area contributed by atoms with Gasteiger partial charge in [-0.25, -0.2) is 4.98 Å². The largest absolute Gasteiger partial charge is 0.381 e. The van der Waals surface area contributed by atoms with Crippen LogP contribution in [0, 0.1) is 19.8 Å². The van der Waals surface area contributed by atoms with Crippen LogP contribution >= 0.6 is 23.1 Å². The second-order valence-corrected chi connectivity index (χ2v) is 8.32. The normalized spacial score (nSPS) is 11.7. The third kappa shape index (κ3) is 4.37. The molecule has 0 fully saturated rings. The summed E-state index contributed by atoms with van der Waals surface area (Å²) in [5.74, 6) is 1.49. The highest BCUT2D eigenvalue weighted by Gasteiger charge is 2.15. The van der Waals surface area contributed by atoms with Crippen LogP contribution in [0.5, 0.6) is 0 Å². The zero-order chi connectivity index (χ0) is 17.0. The number of ether oxygens (including phenoxy) is 1. The van der Waals surface area contributed by atoms with Crippen LogP contribution in [0.3, 0.4) is 0 Å². The smallest absolute Gasteiger partial charge is 0.263 e. The first kappa shape index (κ1) is 18.5. The van der Waals surface area contributed by atoms with E-state index in [0.717, 1.165) is 39.7 Å². The van der Waals surface area contributed by atoms with E-state index in [1.54, 1.807) is 27.7 Å². The standard InChI is InChI=1S/C17H26N2O2S2/c1-6-19-16(20)14-12(4)13(5)23-15(14)18-17(19)22-10-9-21-8-7-11(2)3/h11H,6-10H2,1-5H3. The average Bonchev–Trinajstić information content (AvgIpc) is 2.77. The minimum atomic E-state index is 0.0857. The van der Waals surface area contributed by atoms with Crippen LogP contribution in [0.25, 0.3) is 10.2 Å². The molecule has 0 aliphatic rings. The second kappa shape index (κ2) is 8.31. The predicted octanol–water partition coefficient (Wildman–Crippen LogP) is 4.25. The maximum absolute atomic E-state index is 12.7. The Kier molecular flexibility index (Phi) is 6.68. The van der Waals surface area contributed by atoms with Crippen LogP contribution in [-0.2, 0) is 11.3 Å². The van der Waals surface area contributed by atoms with Crippen molar-refractivity contribution in [2.24, 2.45) is 5.92 Å². The summed E-state index contributed by atoms with van der Waals surface area (Å²) >= 11 is 3.22. The third-order valence-corrected chi connectivity index (χ3v) is 5.91. The molecule has 0 radical (unpaired) electrons. The van der Waals surface area contributed by atoms with Gasteiger partial charge in [0.05, 0.1) is 12.0 Å². The molecule has 4 nitrogen and oxygen atoms in total. The van der Waals surface area contributed by atoms with Gasteiger partial charge >= 0.3 is 0 Å². The van der Waals surface area contributed by atoms with Crippen LogP contribution in [0.2, 0.25) is 0 Å². The van der Waals surface area contributed by atoms with Gasteiger partial charge in [-0.2, -0.15) is 0 Å². The minimum absolute atomic E-state index is 0.0857. The van der Waals surface area contributed by atoms with E-state index in [0.29, 0.717) is 19.1 Å². The Morgan fingerprint density at radius 1 is 1.30 bits per heavy atom. The van der Waals surface area contributed by atoms with Crippen molar-refractivity contribution >= 4 is 33.3 Å². The zero-order valence-corrected chi connectivity index (χ0v) is 16.3. The third-order valence-electron chi connectivity index (χ3n) is 3.87. The fourth-order valence-electron chi connectivity index (χ4n) is 2.31. The molecular weight excluding hydrogens is 328 g/mol. The number of thioether (sulfide) groups is 1. The Labute approximate surface area is 146 Å². The van der Waals surface area contributed by atoms with Gasteiger partial charge in [-0.15, -0.1) is 11.3 Å². The van der Waals surface area contributed by atoms with E-state index in [2.05, 4.69) is 13.8 Å². The van der Waals surface area contributed by atoms with E-state index in [-0.39, 0.29) is 5.56 Å². The highest BCUT2D eigenvalue weighted by molar-refractivity contribution is 7.99. The SMILES string of the molecule is CCn1c(SCCOCCC(C)C)nc2sc(C)c(C)c2c1=O. The number of nitrogens with zero attached hydrogens (tertiary/aromatic N) is 2. The molecule has 0 N–H and O–H groups in total. The van der Waals surface area contributed by atoms with Crippen LogP contribution in [0.15, 0.2) is 9.95 Å². The number of fused-ring (bicyclic) bond motifs is 1. The lowest BCUT2D eigenvalue weighted by atomic mass is 10.1. The fraction of sp³-hybridized carbons (Fsp3) is 0.647. The summed E-state index contributed by atoms with van der Waals surface area (Å²) in [6.07, 6.45) is 1.09. The molecule has 128 valence electrons. The molecule has 0 aliphatic heterocycles. The van der Waals surface area contributed by atoms with Crippen LogP contribution in [-0.4, -0.2) is 28.5 Å². The second-order valence-electron chi connectivity index (χ2n) is 6.05. The Balaban J connectivity index is 2.10. The highest BCUT2D eigenvalue weighted by Crippen LogP contribution is 2.28. The first-order valence-corrected chi connectivity index (χ1v) is 9.97. The van der Waals surface area contributed by atoms with Crippen molar-refractivity contribution in [3.8, 4) is 0 Å². The van der Waals surface area contributed by atoms with Gasteiger partial charge in [0.25, 0.3) is 5.56 Å². The zero-order valence-electron chi connectivity index (χ0n) is 14.6. The summed E-state index contributed by atoms with van der Waals surface area (Å²) in [5, 5.41) is 1.59. The predicted molar refractivity (Wildman–Crippen MR) is 100 cm³/mol. The van der Waals surface area contributed by atoms with Crippen molar-refractivity contribution < 1.29 is 4.74 Å². The Morgan fingerprint density at radius 3 is 2.70 bits per heavy atom. The molecule has 2 heterocycles. The molecule has 2 rings (SSSR count). The first-order chi connectivity index (χ1) is 11.0. The lowest BCUT2D eigenvalue weighted by Gasteiger charge is -2.10. The number of hydrogen-bond acceptors (Lipinski definition) is 5. The summed E-state index contributed by atoms with van der Waals surface area (Å²) in [6.45, 7) is 12.6. The molecule has 0 aromatic carbocycles. The Bertz CT molecular complexity index is 719. The molecule has 2 aromatic rings. The average molecular weight is 355 g/mol. The lowest BCUT2D eigenvalue weighted by Crippen LogP contribution is -2.22. The molecule has 0 spiro atoms. The minimum Gasteiger partial charge on any atom is -0.381 e.